The molecule has 5 rings (SSSR count). The molecule has 3 N–H and O–H groups in total. The number of anilines is 1. The van der Waals surface area contributed by atoms with Crippen LogP contribution >= 0.6 is 11.3 Å². The fourth-order valence-electron chi connectivity index (χ4n) is 5.92. The summed E-state index contributed by atoms with van der Waals surface area (Å²) in [5.74, 6) is -0.973. The monoisotopic (exact) mass is 697 g/mol. The van der Waals surface area contributed by atoms with E-state index in [1.165, 1.54) is 11.3 Å². The van der Waals surface area contributed by atoms with Gasteiger partial charge in [-0.1, -0.05) is 48.9 Å². The minimum absolute atomic E-state index is 0.00152. The Morgan fingerprint density at radius 3 is 2.50 bits per heavy atom. The molecule has 2 aliphatic rings. The molecule has 3 atom stereocenters. The molecule has 258 valence electrons. The Bertz CT molecular complexity index is 1700. The third-order valence-electron chi connectivity index (χ3n) is 8.25. The molecule has 2 aromatic carbocycles. The summed E-state index contributed by atoms with van der Waals surface area (Å²) in [4.78, 5) is 46.1. The van der Waals surface area contributed by atoms with E-state index in [-0.39, 0.29) is 12.2 Å². The maximum absolute atomic E-state index is 13.7. The molecule has 2 fully saturated rings. The number of thiophene rings is 1. The predicted octanol–water partition coefficient (Wildman–Crippen LogP) is 6.38. The number of nitrogens with one attached hydrogen (secondary N) is 3. The summed E-state index contributed by atoms with van der Waals surface area (Å²) in [6, 6.07) is 18.7. The van der Waals surface area contributed by atoms with Crippen LogP contribution in [0, 0.1) is 0 Å². The summed E-state index contributed by atoms with van der Waals surface area (Å²) in [6.45, 7) is 5.79. The van der Waals surface area contributed by atoms with Gasteiger partial charge in [0, 0.05) is 28.5 Å². The lowest BCUT2D eigenvalue weighted by Gasteiger charge is -2.35. The average molecular weight is 698 g/mol. The van der Waals surface area contributed by atoms with E-state index in [2.05, 4.69) is 16.1 Å². The highest BCUT2D eigenvalue weighted by Gasteiger charge is 2.49. The number of alkyl carbamates (subject to hydrolysis) is 1. The van der Waals surface area contributed by atoms with Crippen molar-refractivity contribution in [2.24, 2.45) is 0 Å². The number of carbonyl (C=O) groups excluding carboxylic acids is 3. The summed E-state index contributed by atoms with van der Waals surface area (Å²) in [6.07, 6.45) is 2.54. The highest BCUT2D eigenvalue weighted by atomic mass is 32.2. The van der Waals surface area contributed by atoms with E-state index in [0.717, 1.165) is 23.3 Å². The van der Waals surface area contributed by atoms with Gasteiger partial charge in [-0.15, -0.1) is 11.3 Å². The van der Waals surface area contributed by atoms with Gasteiger partial charge in [0.1, 0.15) is 16.4 Å². The van der Waals surface area contributed by atoms with Crippen LogP contribution in [0.5, 0.6) is 0 Å². The number of sulfone groups is 1. The summed E-state index contributed by atoms with van der Waals surface area (Å²) in [5, 5.41) is 5.57. The van der Waals surface area contributed by atoms with Crippen LogP contribution in [-0.2, 0) is 38.5 Å². The van der Waals surface area contributed by atoms with E-state index in [9.17, 15) is 22.8 Å². The van der Waals surface area contributed by atoms with Crippen LogP contribution in [0.25, 0.3) is 10.4 Å². The molecule has 3 heterocycles. The molecule has 3 amide bonds. The Kier molecular flexibility index (Phi) is 11.2. The van der Waals surface area contributed by atoms with Crippen LogP contribution < -0.4 is 16.1 Å². The first kappa shape index (κ1) is 35.5. The quantitative estimate of drug-likeness (QED) is 0.207. The van der Waals surface area contributed by atoms with Gasteiger partial charge in [-0.05, 0) is 81.8 Å². The van der Waals surface area contributed by atoms with Gasteiger partial charge in [0.2, 0.25) is 5.91 Å². The molecular formula is C35H43N3O8S2. The second kappa shape index (κ2) is 15.2. The van der Waals surface area contributed by atoms with Gasteiger partial charge in [0.05, 0.1) is 12.2 Å². The van der Waals surface area contributed by atoms with Crippen molar-refractivity contribution >= 4 is 44.8 Å². The zero-order chi connectivity index (χ0) is 34.4. The van der Waals surface area contributed by atoms with E-state index in [1.54, 1.807) is 69.3 Å². The van der Waals surface area contributed by atoms with Crippen LogP contribution in [0.15, 0.2) is 66.7 Å². The van der Waals surface area contributed by atoms with Crippen molar-refractivity contribution in [1.82, 2.24) is 10.8 Å². The van der Waals surface area contributed by atoms with Crippen molar-refractivity contribution in [3.63, 3.8) is 0 Å². The number of hydroxylamine groups is 1. The molecule has 48 heavy (non-hydrogen) atoms. The summed E-state index contributed by atoms with van der Waals surface area (Å²) < 4.78 is 36.9. The van der Waals surface area contributed by atoms with Gasteiger partial charge >= 0.3 is 6.09 Å². The molecule has 0 aliphatic carbocycles. The molecule has 2 saturated heterocycles. The van der Waals surface area contributed by atoms with Crippen LogP contribution in [0.1, 0.15) is 82.2 Å². The molecule has 1 unspecified atom stereocenters. The van der Waals surface area contributed by atoms with Crippen LogP contribution in [0.4, 0.5) is 10.5 Å². The lowest BCUT2D eigenvalue weighted by Crippen LogP contribution is -2.45. The van der Waals surface area contributed by atoms with E-state index >= 15 is 0 Å². The smallest absolute Gasteiger partial charge is 0.408 e. The topological polar surface area (TPSA) is 149 Å². The molecule has 1 aromatic heterocycles. The standard InChI is InChI=1S/C35H43N3O8S2/c1-34(2,3)45-33(41)37-31(24-12-5-4-6-13-24)32(40)36-26-15-11-14-25(22-26)27-17-18-28(47-27)35(19-8-10-21-48(35,42)43)23-29(39)38-46-30-16-7-9-20-44-30/h4-6,11-15,17-18,22,30-31H,7-10,16,19-21,23H2,1-3H3,(H,36,40)(H,37,41)(H,38,39)/t30?,31-,35+/m1/s1. The van der Waals surface area contributed by atoms with Crippen molar-refractivity contribution in [2.45, 2.75) is 88.4 Å². The van der Waals surface area contributed by atoms with Gasteiger partial charge in [0.25, 0.3) is 5.91 Å². The van der Waals surface area contributed by atoms with Gasteiger partial charge in [-0.25, -0.2) is 23.5 Å². The highest BCUT2D eigenvalue weighted by Crippen LogP contribution is 2.47. The van der Waals surface area contributed by atoms with Gasteiger partial charge in [-0.2, -0.15) is 0 Å². The predicted molar refractivity (Wildman–Crippen MR) is 184 cm³/mol. The van der Waals surface area contributed by atoms with Crippen LogP contribution in [0.3, 0.4) is 0 Å². The third kappa shape index (κ3) is 8.81. The molecule has 11 nitrogen and oxygen atoms in total. The number of hydrogen-bond acceptors (Lipinski definition) is 9. The Morgan fingerprint density at radius 2 is 1.79 bits per heavy atom. The molecule has 3 aromatic rings. The Labute approximate surface area is 285 Å². The first-order valence-electron chi connectivity index (χ1n) is 16.2. The first-order chi connectivity index (χ1) is 22.8. The van der Waals surface area contributed by atoms with E-state index < -0.39 is 50.4 Å². The van der Waals surface area contributed by atoms with Crippen LogP contribution in [0.2, 0.25) is 0 Å². The molecule has 13 heteroatoms. The lowest BCUT2D eigenvalue weighted by atomic mass is 9.94. The molecule has 0 spiro atoms. The minimum atomic E-state index is -3.67. The molecule has 0 radical (unpaired) electrons. The van der Waals surface area contributed by atoms with Crippen molar-refractivity contribution in [3.8, 4) is 10.4 Å². The van der Waals surface area contributed by atoms with Crippen molar-refractivity contribution < 1.29 is 37.1 Å². The fourth-order valence-corrected chi connectivity index (χ4v) is 9.70. The van der Waals surface area contributed by atoms with E-state index in [0.29, 0.717) is 48.4 Å². The number of benzene rings is 2. The number of rotatable bonds is 10. The molecule has 0 bridgehead atoms. The van der Waals surface area contributed by atoms with Crippen molar-refractivity contribution in [1.29, 1.82) is 0 Å². The normalized spacial score (nSPS) is 21.4. The molecule has 0 saturated carbocycles. The number of amides is 3. The van der Waals surface area contributed by atoms with E-state index in [4.69, 9.17) is 14.3 Å². The van der Waals surface area contributed by atoms with E-state index in [1.807, 2.05) is 18.2 Å². The van der Waals surface area contributed by atoms with Gasteiger partial charge in [0.15, 0.2) is 16.1 Å². The third-order valence-corrected chi connectivity index (χ3v) is 12.3. The lowest BCUT2D eigenvalue weighted by molar-refractivity contribution is -0.200. The molecular weight excluding hydrogens is 655 g/mol. The maximum Gasteiger partial charge on any atom is 0.408 e. The van der Waals surface area contributed by atoms with Crippen LogP contribution in [-0.4, -0.2) is 50.6 Å². The maximum atomic E-state index is 13.7. The average Bonchev–Trinajstić information content (AvgIpc) is 3.55. The number of carbonyl (C=O) groups is 3. The fraction of sp³-hybridized carbons (Fsp3) is 0.457. The summed E-state index contributed by atoms with van der Waals surface area (Å²) in [7, 11) is -3.67. The van der Waals surface area contributed by atoms with Gasteiger partial charge in [-0.3, -0.25) is 9.59 Å². The summed E-state index contributed by atoms with van der Waals surface area (Å²) in [5.41, 5.74) is 3.52. The summed E-state index contributed by atoms with van der Waals surface area (Å²) >= 11 is 1.32. The zero-order valence-electron chi connectivity index (χ0n) is 27.5. The number of ether oxygens (including phenoxy) is 2. The highest BCUT2D eigenvalue weighted by molar-refractivity contribution is 7.92. The first-order valence-corrected chi connectivity index (χ1v) is 18.7. The van der Waals surface area contributed by atoms with Crippen molar-refractivity contribution in [3.05, 3.63) is 77.2 Å². The Morgan fingerprint density at radius 1 is 1.00 bits per heavy atom. The van der Waals surface area contributed by atoms with Gasteiger partial charge < -0.3 is 20.1 Å². The van der Waals surface area contributed by atoms with Crippen molar-refractivity contribution in [2.75, 3.05) is 17.7 Å². The second-order valence-electron chi connectivity index (χ2n) is 13.1. The molecule has 2 aliphatic heterocycles. The Balaban J connectivity index is 1.34. The minimum Gasteiger partial charge on any atom is -0.444 e. The zero-order valence-corrected chi connectivity index (χ0v) is 29.1. The Hall–Kier alpha value is -3.78. The number of hydrogen-bond donors (Lipinski definition) is 3. The largest absolute Gasteiger partial charge is 0.444 e. The SMILES string of the molecule is CC(C)(C)OC(=O)N[C@@H](C(=O)Nc1cccc(-c2ccc([C@@]3(CC(=O)NOC4CCCCO4)CCCCS3(=O)=O)s2)c1)c1ccccc1. The second-order valence-corrected chi connectivity index (χ2v) is 16.6.